The molecule has 2 heterocycles. The van der Waals surface area contributed by atoms with Crippen molar-refractivity contribution >= 4 is 5.91 Å². The lowest BCUT2D eigenvalue weighted by atomic mass is 9.97. The number of piperidine rings is 1. The second-order valence-electron chi connectivity index (χ2n) is 5.26. The summed E-state index contributed by atoms with van der Waals surface area (Å²) in [6.45, 7) is 7.89. The van der Waals surface area contributed by atoms with Crippen molar-refractivity contribution in [3.63, 3.8) is 0 Å². The zero-order valence-corrected chi connectivity index (χ0v) is 11.3. The Morgan fingerprint density at radius 1 is 1.33 bits per heavy atom. The maximum Gasteiger partial charge on any atom is 0.253 e. The molecule has 2 fully saturated rings. The molecule has 2 rings (SSSR count). The predicted molar refractivity (Wildman–Crippen MR) is 70.2 cm³/mol. The first-order chi connectivity index (χ1) is 8.74. The summed E-state index contributed by atoms with van der Waals surface area (Å²) in [7, 11) is 0. The van der Waals surface area contributed by atoms with E-state index in [-0.39, 0.29) is 12.0 Å². The van der Waals surface area contributed by atoms with Crippen LogP contribution in [-0.2, 0) is 9.53 Å². The van der Waals surface area contributed by atoms with Crippen LogP contribution < -0.4 is 5.73 Å². The van der Waals surface area contributed by atoms with Gasteiger partial charge in [-0.05, 0) is 31.8 Å². The number of amides is 1. The van der Waals surface area contributed by atoms with Gasteiger partial charge in [0.05, 0.1) is 6.61 Å². The lowest BCUT2D eigenvalue weighted by Crippen LogP contribution is -2.52. The molecular weight excluding hydrogens is 230 g/mol. The topological polar surface area (TPSA) is 58.8 Å². The highest BCUT2D eigenvalue weighted by Gasteiger charge is 2.31. The number of likely N-dealkylation sites (tertiary alicyclic amines) is 1. The molecule has 0 aliphatic carbocycles. The van der Waals surface area contributed by atoms with Gasteiger partial charge in [0.1, 0.15) is 6.10 Å². The summed E-state index contributed by atoms with van der Waals surface area (Å²) < 4.78 is 5.62. The summed E-state index contributed by atoms with van der Waals surface area (Å²) in [5.41, 5.74) is 5.67. The fraction of sp³-hybridized carbons (Fsp3) is 0.923. The van der Waals surface area contributed by atoms with E-state index >= 15 is 0 Å². The van der Waals surface area contributed by atoms with Crippen LogP contribution >= 0.6 is 0 Å². The second kappa shape index (κ2) is 6.50. The Morgan fingerprint density at radius 2 is 2.06 bits per heavy atom. The molecule has 0 aromatic rings. The van der Waals surface area contributed by atoms with Gasteiger partial charge in [-0.25, -0.2) is 0 Å². The number of morpholine rings is 1. The summed E-state index contributed by atoms with van der Waals surface area (Å²) >= 11 is 0. The molecule has 0 aromatic carbocycles. The number of hydrogen-bond acceptors (Lipinski definition) is 4. The zero-order chi connectivity index (χ0) is 13.0. The van der Waals surface area contributed by atoms with Gasteiger partial charge in [0.25, 0.3) is 5.91 Å². The zero-order valence-electron chi connectivity index (χ0n) is 11.3. The van der Waals surface area contributed by atoms with Crippen LogP contribution in [0.3, 0.4) is 0 Å². The van der Waals surface area contributed by atoms with Gasteiger partial charge in [-0.15, -0.1) is 0 Å². The molecule has 1 unspecified atom stereocenters. The van der Waals surface area contributed by atoms with Crippen LogP contribution in [0.5, 0.6) is 0 Å². The molecule has 104 valence electrons. The number of ether oxygens (including phenoxy) is 1. The van der Waals surface area contributed by atoms with Gasteiger partial charge in [0.15, 0.2) is 0 Å². The van der Waals surface area contributed by atoms with E-state index < -0.39 is 0 Å². The van der Waals surface area contributed by atoms with E-state index in [9.17, 15) is 4.79 Å². The van der Waals surface area contributed by atoms with E-state index in [2.05, 4.69) is 11.8 Å². The van der Waals surface area contributed by atoms with E-state index in [0.29, 0.717) is 12.5 Å². The van der Waals surface area contributed by atoms with Gasteiger partial charge in [-0.3, -0.25) is 9.69 Å². The van der Waals surface area contributed by atoms with Crippen molar-refractivity contribution in [2.75, 3.05) is 45.9 Å². The third-order valence-corrected chi connectivity index (χ3v) is 4.13. The minimum Gasteiger partial charge on any atom is -0.366 e. The molecule has 0 aromatic heterocycles. The molecular formula is C13H25N3O2. The maximum absolute atomic E-state index is 12.4. The summed E-state index contributed by atoms with van der Waals surface area (Å²) in [6.07, 6.45) is 1.81. The summed E-state index contributed by atoms with van der Waals surface area (Å²) in [6, 6.07) is 0. The Morgan fingerprint density at radius 3 is 2.67 bits per heavy atom. The standard InChI is InChI=1S/C13H25N3O2/c1-2-15-7-8-18-12(10-15)13(17)16-5-3-11(9-14)4-6-16/h11-12H,2-10,14H2,1H3. The Balaban J connectivity index is 1.83. The third kappa shape index (κ3) is 3.22. The summed E-state index contributed by atoms with van der Waals surface area (Å²) in [4.78, 5) is 16.6. The Labute approximate surface area is 109 Å². The van der Waals surface area contributed by atoms with Crippen molar-refractivity contribution in [3.05, 3.63) is 0 Å². The Kier molecular flexibility index (Phi) is 4.97. The van der Waals surface area contributed by atoms with Crippen molar-refractivity contribution in [2.45, 2.75) is 25.9 Å². The molecule has 18 heavy (non-hydrogen) atoms. The van der Waals surface area contributed by atoms with Gasteiger partial charge in [0, 0.05) is 26.2 Å². The molecule has 5 nitrogen and oxygen atoms in total. The van der Waals surface area contributed by atoms with Gasteiger partial charge < -0.3 is 15.4 Å². The molecule has 5 heteroatoms. The minimum absolute atomic E-state index is 0.170. The highest BCUT2D eigenvalue weighted by Crippen LogP contribution is 2.18. The van der Waals surface area contributed by atoms with Crippen molar-refractivity contribution in [3.8, 4) is 0 Å². The lowest BCUT2D eigenvalue weighted by Gasteiger charge is -2.37. The summed E-state index contributed by atoms with van der Waals surface area (Å²) in [5, 5.41) is 0. The molecule has 0 spiro atoms. The fourth-order valence-corrected chi connectivity index (χ4v) is 2.73. The van der Waals surface area contributed by atoms with E-state index in [1.165, 1.54) is 0 Å². The number of carbonyl (C=O) groups is 1. The van der Waals surface area contributed by atoms with E-state index in [0.717, 1.165) is 52.1 Å². The molecule has 1 atom stereocenters. The van der Waals surface area contributed by atoms with E-state index in [4.69, 9.17) is 10.5 Å². The third-order valence-electron chi connectivity index (χ3n) is 4.13. The minimum atomic E-state index is -0.256. The molecule has 2 aliphatic rings. The van der Waals surface area contributed by atoms with Crippen LogP contribution in [0.1, 0.15) is 19.8 Å². The number of hydrogen-bond donors (Lipinski definition) is 1. The molecule has 0 bridgehead atoms. The van der Waals surface area contributed by atoms with Crippen molar-refractivity contribution in [2.24, 2.45) is 11.7 Å². The molecule has 1 amide bonds. The van der Waals surface area contributed by atoms with Crippen LogP contribution in [0.4, 0.5) is 0 Å². The average molecular weight is 255 g/mol. The smallest absolute Gasteiger partial charge is 0.253 e. The van der Waals surface area contributed by atoms with E-state index in [1.54, 1.807) is 0 Å². The highest BCUT2D eigenvalue weighted by molar-refractivity contribution is 5.81. The number of nitrogens with zero attached hydrogens (tertiary/aromatic N) is 2. The lowest BCUT2D eigenvalue weighted by molar-refractivity contribution is -0.150. The van der Waals surface area contributed by atoms with Crippen LogP contribution in [0.2, 0.25) is 0 Å². The van der Waals surface area contributed by atoms with E-state index in [1.807, 2.05) is 4.90 Å². The molecule has 2 aliphatic heterocycles. The first-order valence-electron chi connectivity index (χ1n) is 7.07. The SMILES string of the molecule is CCN1CCOC(C(=O)N2CCC(CN)CC2)C1. The Hall–Kier alpha value is -0.650. The van der Waals surface area contributed by atoms with Crippen molar-refractivity contribution in [1.82, 2.24) is 9.80 Å². The largest absolute Gasteiger partial charge is 0.366 e. The molecule has 0 radical (unpaired) electrons. The van der Waals surface area contributed by atoms with Crippen LogP contribution in [0.15, 0.2) is 0 Å². The molecule has 2 saturated heterocycles. The van der Waals surface area contributed by atoms with Crippen LogP contribution in [0.25, 0.3) is 0 Å². The van der Waals surface area contributed by atoms with Crippen LogP contribution in [0, 0.1) is 5.92 Å². The highest BCUT2D eigenvalue weighted by atomic mass is 16.5. The van der Waals surface area contributed by atoms with Crippen molar-refractivity contribution < 1.29 is 9.53 Å². The fourth-order valence-electron chi connectivity index (χ4n) is 2.73. The molecule has 2 N–H and O–H groups in total. The van der Waals surface area contributed by atoms with Crippen LogP contribution in [-0.4, -0.2) is 67.7 Å². The first-order valence-corrected chi connectivity index (χ1v) is 7.07. The number of likely N-dealkylation sites (N-methyl/N-ethyl adjacent to an activating group) is 1. The average Bonchev–Trinajstić information content (AvgIpc) is 2.46. The van der Waals surface area contributed by atoms with Gasteiger partial charge in [0.2, 0.25) is 0 Å². The maximum atomic E-state index is 12.4. The second-order valence-corrected chi connectivity index (χ2v) is 5.26. The normalized spacial score (nSPS) is 27.4. The monoisotopic (exact) mass is 255 g/mol. The number of rotatable bonds is 3. The predicted octanol–water partition coefficient (Wildman–Crippen LogP) is -0.0956. The summed E-state index contributed by atoms with van der Waals surface area (Å²) in [5.74, 6) is 0.761. The van der Waals surface area contributed by atoms with Gasteiger partial charge >= 0.3 is 0 Å². The number of carbonyl (C=O) groups excluding carboxylic acids is 1. The van der Waals surface area contributed by atoms with Gasteiger partial charge in [-0.2, -0.15) is 0 Å². The van der Waals surface area contributed by atoms with Crippen molar-refractivity contribution in [1.29, 1.82) is 0 Å². The number of nitrogens with two attached hydrogens (primary N) is 1. The first kappa shape index (κ1) is 13.8. The quantitative estimate of drug-likeness (QED) is 0.765. The Bertz CT molecular complexity index is 277. The van der Waals surface area contributed by atoms with Gasteiger partial charge in [-0.1, -0.05) is 6.92 Å². The molecule has 0 saturated carbocycles.